The van der Waals surface area contributed by atoms with E-state index in [0.717, 1.165) is 22.3 Å². The Morgan fingerprint density at radius 2 is 1.67 bits per heavy atom. The van der Waals surface area contributed by atoms with Gasteiger partial charge in [-0.1, -0.05) is 36.4 Å². The Hall–Kier alpha value is -4.05. The number of ether oxygens (including phenoxy) is 2. The monoisotopic (exact) mass is 500 g/mol. The molecule has 0 spiro atoms. The van der Waals surface area contributed by atoms with E-state index in [-0.39, 0.29) is 42.9 Å². The van der Waals surface area contributed by atoms with Gasteiger partial charge in [-0.2, -0.15) is 0 Å². The van der Waals surface area contributed by atoms with Gasteiger partial charge in [0.2, 0.25) is 0 Å². The van der Waals surface area contributed by atoms with E-state index in [2.05, 4.69) is 4.74 Å². The first-order chi connectivity index (χ1) is 17.2. The van der Waals surface area contributed by atoms with Crippen LogP contribution < -0.4 is 20.7 Å². The molecule has 0 fully saturated rings. The number of nitrogens with zero attached hydrogens (tertiary/aromatic N) is 2. The lowest BCUT2D eigenvalue weighted by Gasteiger charge is -2.17. The highest BCUT2D eigenvalue weighted by Crippen LogP contribution is 2.34. The molecule has 0 amide bonds. The summed E-state index contributed by atoms with van der Waals surface area (Å²) >= 11 is 0. The Kier molecular flexibility index (Phi) is 7.16. The van der Waals surface area contributed by atoms with Crippen molar-refractivity contribution in [3.05, 3.63) is 98.7 Å². The molecule has 1 aromatic heterocycles. The van der Waals surface area contributed by atoms with Crippen molar-refractivity contribution in [3.8, 4) is 17.2 Å². The fourth-order valence-electron chi connectivity index (χ4n) is 4.00. The highest BCUT2D eigenvalue weighted by Gasteiger charge is 2.31. The molecule has 188 valence electrons. The van der Waals surface area contributed by atoms with Crippen molar-refractivity contribution >= 4 is 10.9 Å². The van der Waals surface area contributed by atoms with Crippen LogP contribution in [0.1, 0.15) is 17.5 Å². The highest BCUT2D eigenvalue weighted by molar-refractivity contribution is 5.84. The molecule has 7 nitrogen and oxygen atoms in total. The zero-order valence-electron chi connectivity index (χ0n) is 19.3. The summed E-state index contributed by atoms with van der Waals surface area (Å²) in [5, 5.41) is 9.47. The molecule has 0 bridgehead atoms. The highest BCUT2D eigenvalue weighted by atomic mass is 19.4. The number of alkyl halides is 3. The minimum absolute atomic E-state index is 0.0324. The molecule has 0 unspecified atom stereocenters. The quantitative estimate of drug-likeness (QED) is 0.389. The maximum Gasteiger partial charge on any atom is 0.573 e. The van der Waals surface area contributed by atoms with Crippen LogP contribution in [0.2, 0.25) is 0 Å². The summed E-state index contributed by atoms with van der Waals surface area (Å²) in [5.41, 5.74) is 0.667. The summed E-state index contributed by atoms with van der Waals surface area (Å²) in [5.74, 6) is -0.116. The summed E-state index contributed by atoms with van der Waals surface area (Å²) < 4.78 is 50.4. The van der Waals surface area contributed by atoms with Crippen molar-refractivity contribution in [2.75, 3.05) is 6.61 Å². The smallest absolute Gasteiger partial charge is 0.457 e. The van der Waals surface area contributed by atoms with Gasteiger partial charge < -0.3 is 14.6 Å². The van der Waals surface area contributed by atoms with Crippen molar-refractivity contribution in [3.63, 3.8) is 0 Å². The maximum atomic E-state index is 13.5. The van der Waals surface area contributed by atoms with Crippen molar-refractivity contribution in [1.82, 2.24) is 9.13 Å². The first kappa shape index (κ1) is 25.1. The van der Waals surface area contributed by atoms with Crippen LogP contribution in [0.5, 0.6) is 17.2 Å². The lowest BCUT2D eigenvalue weighted by Crippen LogP contribution is -2.39. The largest absolute Gasteiger partial charge is 0.573 e. The Balaban J connectivity index is 1.90. The number of aliphatic hydroxyl groups excluding tert-OH is 1. The van der Waals surface area contributed by atoms with Crippen LogP contribution in [0, 0.1) is 0 Å². The van der Waals surface area contributed by atoms with E-state index >= 15 is 0 Å². The molecular formula is C26H23F3N2O5. The van der Waals surface area contributed by atoms with Crippen LogP contribution in [0.3, 0.4) is 0 Å². The number of benzene rings is 3. The van der Waals surface area contributed by atoms with Gasteiger partial charge in [-0.3, -0.25) is 13.9 Å². The van der Waals surface area contributed by atoms with E-state index in [1.54, 1.807) is 19.2 Å². The molecule has 0 aliphatic rings. The average Bonchev–Trinajstić information content (AvgIpc) is 2.83. The van der Waals surface area contributed by atoms with Gasteiger partial charge in [0.1, 0.15) is 17.2 Å². The van der Waals surface area contributed by atoms with E-state index in [1.807, 2.05) is 30.3 Å². The summed E-state index contributed by atoms with van der Waals surface area (Å²) in [6.45, 7) is -0.158. The predicted molar refractivity (Wildman–Crippen MR) is 128 cm³/mol. The molecule has 0 saturated carbocycles. The van der Waals surface area contributed by atoms with Crippen molar-refractivity contribution in [2.24, 2.45) is 7.05 Å². The zero-order chi connectivity index (χ0) is 25.9. The number of rotatable bonds is 8. The third-order valence-electron chi connectivity index (χ3n) is 5.62. The summed E-state index contributed by atoms with van der Waals surface area (Å²) in [6, 6.07) is 17.5. The SMILES string of the molecule is Cn1c(=O)n(CCCO)c(=O)c2c(Cc3ccccc3)c(Oc3cccc(OC(F)(F)F)c3)ccc21. The van der Waals surface area contributed by atoms with Crippen LogP contribution in [0.15, 0.2) is 76.3 Å². The third kappa shape index (κ3) is 5.44. The molecule has 0 aliphatic carbocycles. The van der Waals surface area contributed by atoms with Gasteiger partial charge >= 0.3 is 12.1 Å². The van der Waals surface area contributed by atoms with Gasteiger partial charge in [0.25, 0.3) is 5.56 Å². The lowest BCUT2D eigenvalue weighted by atomic mass is 9.99. The number of aryl methyl sites for hydroxylation is 1. The second kappa shape index (κ2) is 10.3. The molecule has 0 atom stereocenters. The molecule has 4 rings (SSSR count). The van der Waals surface area contributed by atoms with Crippen LogP contribution in [-0.2, 0) is 20.0 Å². The van der Waals surface area contributed by atoms with E-state index in [1.165, 1.54) is 16.7 Å². The second-order valence-corrected chi connectivity index (χ2v) is 8.10. The van der Waals surface area contributed by atoms with Crippen molar-refractivity contribution in [1.29, 1.82) is 0 Å². The number of hydrogen-bond acceptors (Lipinski definition) is 5. The maximum absolute atomic E-state index is 13.5. The molecular weight excluding hydrogens is 477 g/mol. The molecule has 10 heteroatoms. The lowest BCUT2D eigenvalue weighted by molar-refractivity contribution is -0.274. The minimum atomic E-state index is -4.86. The molecule has 4 aromatic rings. The fourth-order valence-corrected chi connectivity index (χ4v) is 4.00. The van der Waals surface area contributed by atoms with E-state index in [0.29, 0.717) is 11.1 Å². The summed E-state index contributed by atoms with van der Waals surface area (Å²) in [7, 11) is 1.55. The topological polar surface area (TPSA) is 82.7 Å². The molecule has 0 radical (unpaired) electrons. The number of aromatic nitrogens is 2. The Labute approximate surface area is 203 Å². The summed E-state index contributed by atoms with van der Waals surface area (Å²) in [6.07, 6.45) is -4.37. The first-order valence-corrected chi connectivity index (χ1v) is 11.1. The van der Waals surface area contributed by atoms with Crippen LogP contribution in [0.4, 0.5) is 13.2 Å². The van der Waals surface area contributed by atoms with E-state index < -0.39 is 23.4 Å². The molecule has 1 N–H and O–H groups in total. The van der Waals surface area contributed by atoms with Crippen molar-refractivity contribution in [2.45, 2.75) is 25.7 Å². The van der Waals surface area contributed by atoms with Gasteiger partial charge in [-0.25, -0.2) is 4.79 Å². The fraction of sp³-hybridized carbons (Fsp3) is 0.231. The molecule has 0 aliphatic heterocycles. The number of hydrogen-bond donors (Lipinski definition) is 1. The van der Waals surface area contributed by atoms with Crippen LogP contribution in [-0.4, -0.2) is 27.2 Å². The van der Waals surface area contributed by atoms with Gasteiger partial charge in [0, 0.05) is 38.2 Å². The Morgan fingerprint density at radius 1 is 0.944 bits per heavy atom. The van der Waals surface area contributed by atoms with Gasteiger partial charge in [-0.15, -0.1) is 13.2 Å². The van der Waals surface area contributed by atoms with Gasteiger partial charge in [-0.05, 0) is 36.2 Å². The minimum Gasteiger partial charge on any atom is -0.457 e. The third-order valence-corrected chi connectivity index (χ3v) is 5.62. The standard InChI is InChI=1S/C26H23F3N2O5/c1-30-21-11-12-22(35-18-9-5-10-19(16-18)36-26(27,28)29)20(15-17-7-3-2-4-8-17)23(21)24(33)31(25(30)34)13-6-14-32/h2-5,7-12,16,32H,6,13-15H2,1H3. The molecule has 3 aromatic carbocycles. The molecule has 0 saturated heterocycles. The Morgan fingerprint density at radius 3 is 2.36 bits per heavy atom. The molecule has 36 heavy (non-hydrogen) atoms. The number of halogens is 3. The average molecular weight is 500 g/mol. The van der Waals surface area contributed by atoms with Crippen LogP contribution >= 0.6 is 0 Å². The van der Waals surface area contributed by atoms with E-state index in [9.17, 15) is 27.9 Å². The zero-order valence-corrected chi connectivity index (χ0v) is 19.3. The number of fused-ring (bicyclic) bond motifs is 1. The van der Waals surface area contributed by atoms with Crippen molar-refractivity contribution < 1.29 is 27.8 Å². The Bertz CT molecular complexity index is 1490. The summed E-state index contributed by atoms with van der Waals surface area (Å²) in [4.78, 5) is 26.3. The van der Waals surface area contributed by atoms with Gasteiger partial charge in [0.05, 0.1) is 10.9 Å². The first-order valence-electron chi connectivity index (χ1n) is 11.1. The van der Waals surface area contributed by atoms with Crippen LogP contribution in [0.25, 0.3) is 10.9 Å². The normalized spacial score (nSPS) is 11.6. The predicted octanol–water partition coefficient (Wildman–Crippen LogP) is 4.36. The second-order valence-electron chi connectivity index (χ2n) is 8.10. The van der Waals surface area contributed by atoms with E-state index in [4.69, 9.17) is 4.74 Å². The number of aliphatic hydroxyl groups is 1. The van der Waals surface area contributed by atoms with Gasteiger partial charge in [0.15, 0.2) is 0 Å². The molecule has 1 heterocycles.